The van der Waals surface area contributed by atoms with E-state index in [-0.39, 0.29) is 17.7 Å². The number of urea groups is 1. The highest BCUT2D eigenvalue weighted by Gasteiger charge is 2.24. The lowest BCUT2D eigenvalue weighted by molar-refractivity contribution is -0.129. The van der Waals surface area contributed by atoms with E-state index in [1.165, 1.54) is 11.8 Å². The Balaban J connectivity index is 1.44. The fraction of sp³-hybridized carbons (Fsp3) is 0.438. The van der Waals surface area contributed by atoms with Crippen molar-refractivity contribution in [1.82, 2.24) is 30.0 Å². The standard InChI is InChI=1S/C16H21N7O2S/c1-2-23-16(18-19-20-23)26-12-14(24)21-8-10-22(11-9-21)15(25)17-13-6-4-3-5-7-13/h3-7H,2,8-12H2,1H3,(H,17,25). The molecule has 3 rings (SSSR count). The number of hydrogen-bond donors (Lipinski definition) is 1. The summed E-state index contributed by atoms with van der Waals surface area (Å²) >= 11 is 1.33. The summed E-state index contributed by atoms with van der Waals surface area (Å²) in [6.45, 7) is 4.70. The predicted octanol–water partition coefficient (Wildman–Crippen LogP) is 1.16. The molecule has 1 N–H and O–H groups in total. The molecule has 0 atom stereocenters. The molecule has 0 aliphatic carbocycles. The second kappa shape index (κ2) is 8.65. The van der Waals surface area contributed by atoms with Gasteiger partial charge < -0.3 is 15.1 Å². The SMILES string of the molecule is CCn1nnnc1SCC(=O)N1CCN(C(=O)Nc2ccccc2)CC1. The monoisotopic (exact) mass is 375 g/mol. The van der Waals surface area contributed by atoms with Gasteiger partial charge in [0, 0.05) is 38.4 Å². The van der Waals surface area contributed by atoms with E-state index in [1.54, 1.807) is 14.5 Å². The molecule has 1 aliphatic heterocycles. The Bertz CT molecular complexity index is 744. The molecule has 0 unspecified atom stereocenters. The van der Waals surface area contributed by atoms with Crippen LogP contribution in [0, 0.1) is 0 Å². The average Bonchev–Trinajstić information content (AvgIpc) is 3.14. The summed E-state index contributed by atoms with van der Waals surface area (Å²) in [4.78, 5) is 28.1. The van der Waals surface area contributed by atoms with Crippen LogP contribution >= 0.6 is 11.8 Å². The molecule has 1 fully saturated rings. The molecular formula is C16H21N7O2S. The molecule has 0 bridgehead atoms. The molecule has 2 aromatic rings. The van der Waals surface area contributed by atoms with Crippen molar-refractivity contribution in [2.75, 3.05) is 37.2 Å². The van der Waals surface area contributed by atoms with Crippen LogP contribution in [0.5, 0.6) is 0 Å². The van der Waals surface area contributed by atoms with E-state index >= 15 is 0 Å². The van der Waals surface area contributed by atoms with Gasteiger partial charge in [-0.15, -0.1) is 5.10 Å². The van der Waals surface area contributed by atoms with Crippen molar-refractivity contribution in [3.8, 4) is 0 Å². The molecule has 9 nitrogen and oxygen atoms in total. The van der Waals surface area contributed by atoms with Crippen LogP contribution in [0.1, 0.15) is 6.92 Å². The van der Waals surface area contributed by atoms with E-state index < -0.39 is 0 Å². The number of anilines is 1. The maximum Gasteiger partial charge on any atom is 0.321 e. The molecule has 2 heterocycles. The van der Waals surface area contributed by atoms with Gasteiger partial charge in [-0.05, 0) is 29.5 Å². The zero-order chi connectivity index (χ0) is 18.4. The summed E-state index contributed by atoms with van der Waals surface area (Å²) in [5.41, 5.74) is 0.765. The number of rotatable bonds is 5. The average molecular weight is 375 g/mol. The molecule has 1 aliphatic rings. The summed E-state index contributed by atoms with van der Waals surface area (Å²) in [5, 5.41) is 14.9. The highest BCUT2D eigenvalue weighted by molar-refractivity contribution is 7.99. The Labute approximate surface area is 155 Å². The molecule has 26 heavy (non-hydrogen) atoms. The third-order valence-corrected chi connectivity index (χ3v) is 5.01. The first-order valence-electron chi connectivity index (χ1n) is 8.45. The number of hydrogen-bond acceptors (Lipinski definition) is 6. The van der Waals surface area contributed by atoms with Crippen molar-refractivity contribution in [3.63, 3.8) is 0 Å². The third-order valence-electron chi connectivity index (χ3n) is 4.07. The second-order valence-electron chi connectivity index (χ2n) is 5.73. The molecule has 0 radical (unpaired) electrons. The molecular weight excluding hydrogens is 354 g/mol. The number of aromatic nitrogens is 4. The zero-order valence-electron chi connectivity index (χ0n) is 14.5. The quantitative estimate of drug-likeness (QED) is 0.788. The van der Waals surface area contributed by atoms with E-state index in [0.717, 1.165) is 5.69 Å². The molecule has 1 saturated heterocycles. The van der Waals surface area contributed by atoms with Crippen molar-refractivity contribution in [2.24, 2.45) is 0 Å². The van der Waals surface area contributed by atoms with Crippen LogP contribution in [0.15, 0.2) is 35.5 Å². The first-order valence-corrected chi connectivity index (χ1v) is 9.43. The van der Waals surface area contributed by atoms with Gasteiger partial charge in [0.25, 0.3) is 0 Å². The fourth-order valence-corrected chi connectivity index (χ4v) is 3.44. The summed E-state index contributed by atoms with van der Waals surface area (Å²) in [7, 11) is 0. The minimum Gasteiger partial charge on any atom is -0.338 e. The topological polar surface area (TPSA) is 96.2 Å². The number of thioether (sulfide) groups is 1. The normalized spacial score (nSPS) is 14.3. The van der Waals surface area contributed by atoms with E-state index in [1.807, 2.05) is 37.3 Å². The summed E-state index contributed by atoms with van der Waals surface area (Å²) < 4.78 is 1.66. The van der Waals surface area contributed by atoms with Crippen molar-refractivity contribution < 1.29 is 9.59 Å². The molecule has 3 amide bonds. The van der Waals surface area contributed by atoms with Gasteiger partial charge in [-0.1, -0.05) is 30.0 Å². The number of piperazine rings is 1. The van der Waals surface area contributed by atoms with E-state index in [4.69, 9.17) is 0 Å². The van der Waals surface area contributed by atoms with Crippen LogP contribution in [0.2, 0.25) is 0 Å². The van der Waals surface area contributed by atoms with Gasteiger partial charge in [0.1, 0.15) is 0 Å². The van der Waals surface area contributed by atoms with E-state index in [0.29, 0.717) is 37.9 Å². The minimum absolute atomic E-state index is 0.0313. The van der Waals surface area contributed by atoms with Gasteiger partial charge in [-0.2, -0.15) is 0 Å². The second-order valence-corrected chi connectivity index (χ2v) is 6.67. The largest absolute Gasteiger partial charge is 0.338 e. The number of benzene rings is 1. The Morgan fingerprint density at radius 2 is 1.81 bits per heavy atom. The lowest BCUT2D eigenvalue weighted by atomic mass is 10.3. The molecule has 10 heteroatoms. The summed E-state index contributed by atoms with van der Waals surface area (Å²) in [6.07, 6.45) is 0. The third kappa shape index (κ3) is 4.51. The number of aryl methyl sites for hydroxylation is 1. The highest BCUT2D eigenvalue weighted by Crippen LogP contribution is 2.15. The van der Waals surface area contributed by atoms with Gasteiger partial charge in [-0.3, -0.25) is 4.79 Å². The Kier molecular flexibility index (Phi) is 6.05. The first kappa shape index (κ1) is 18.2. The summed E-state index contributed by atoms with van der Waals surface area (Å²) in [5.74, 6) is 0.320. The number of tetrazole rings is 1. The maximum absolute atomic E-state index is 12.4. The molecule has 1 aromatic carbocycles. The van der Waals surface area contributed by atoms with Gasteiger partial charge in [0.05, 0.1) is 5.75 Å². The number of nitrogens with one attached hydrogen (secondary N) is 1. The lowest BCUT2D eigenvalue weighted by Gasteiger charge is -2.34. The number of para-hydroxylation sites is 1. The van der Waals surface area contributed by atoms with Crippen LogP contribution in [0.4, 0.5) is 10.5 Å². The van der Waals surface area contributed by atoms with E-state index in [2.05, 4.69) is 20.8 Å². The van der Waals surface area contributed by atoms with Crippen LogP contribution < -0.4 is 5.32 Å². The smallest absolute Gasteiger partial charge is 0.321 e. The Morgan fingerprint density at radius 1 is 1.12 bits per heavy atom. The number of carbonyl (C=O) groups is 2. The highest BCUT2D eigenvalue weighted by atomic mass is 32.2. The van der Waals surface area contributed by atoms with Gasteiger partial charge in [-0.25, -0.2) is 9.48 Å². The molecule has 0 saturated carbocycles. The van der Waals surface area contributed by atoms with Crippen LogP contribution in [0.3, 0.4) is 0 Å². The predicted molar refractivity (Wildman–Crippen MR) is 97.8 cm³/mol. The van der Waals surface area contributed by atoms with Crippen LogP contribution in [0.25, 0.3) is 0 Å². The van der Waals surface area contributed by atoms with Crippen molar-refractivity contribution in [3.05, 3.63) is 30.3 Å². The van der Waals surface area contributed by atoms with E-state index in [9.17, 15) is 9.59 Å². The summed E-state index contributed by atoms with van der Waals surface area (Å²) in [6, 6.07) is 9.20. The Morgan fingerprint density at radius 3 is 2.50 bits per heavy atom. The van der Waals surface area contributed by atoms with Gasteiger partial charge in [0.2, 0.25) is 11.1 Å². The molecule has 0 spiro atoms. The van der Waals surface area contributed by atoms with Gasteiger partial charge >= 0.3 is 6.03 Å². The first-order chi connectivity index (χ1) is 12.7. The molecule has 138 valence electrons. The molecule has 1 aromatic heterocycles. The van der Waals surface area contributed by atoms with Crippen LogP contribution in [-0.4, -0.2) is 73.9 Å². The van der Waals surface area contributed by atoms with Crippen molar-refractivity contribution in [1.29, 1.82) is 0 Å². The Hall–Kier alpha value is -2.62. The number of amides is 3. The lowest BCUT2D eigenvalue weighted by Crippen LogP contribution is -2.52. The fourth-order valence-electron chi connectivity index (χ4n) is 2.60. The van der Waals surface area contributed by atoms with Crippen molar-refractivity contribution in [2.45, 2.75) is 18.6 Å². The number of carbonyl (C=O) groups excluding carboxylic acids is 2. The number of nitrogens with zero attached hydrogens (tertiary/aromatic N) is 6. The minimum atomic E-state index is -0.139. The zero-order valence-corrected chi connectivity index (χ0v) is 15.4. The van der Waals surface area contributed by atoms with Crippen molar-refractivity contribution >= 4 is 29.4 Å². The maximum atomic E-state index is 12.4. The van der Waals surface area contributed by atoms with Crippen LogP contribution in [-0.2, 0) is 11.3 Å². The van der Waals surface area contributed by atoms with Gasteiger partial charge in [0.15, 0.2) is 0 Å².